The Morgan fingerprint density at radius 3 is 2.55 bits per heavy atom. The first kappa shape index (κ1) is 23.1. The van der Waals surface area contributed by atoms with E-state index in [9.17, 15) is 9.59 Å². The molecular formula is C23H24Cl2N2O4. The Morgan fingerprint density at radius 2 is 1.87 bits per heavy atom. The van der Waals surface area contributed by atoms with E-state index in [1.807, 2.05) is 6.07 Å². The van der Waals surface area contributed by atoms with Gasteiger partial charge in [-0.3, -0.25) is 4.79 Å². The van der Waals surface area contributed by atoms with E-state index in [-0.39, 0.29) is 12.5 Å². The van der Waals surface area contributed by atoms with E-state index in [0.717, 1.165) is 24.3 Å². The summed E-state index contributed by atoms with van der Waals surface area (Å²) in [5.74, 6) is -0.855. The maximum Gasteiger partial charge on any atom is 0.340 e. The Labute approximate surface area is 191 Å². The third-order valence-corrected chi connectivity index (χ3v) is 5.59. The number of nitrogens with one attached hydrogen (secondary N) is 1. The van der Waals surface area contributed by atoms with E-state index < -0.39 is 5.97 Å². The second-order valence-electron chi connectivity index (χ2n) is 7.00. The van der Waals surface area contributed by atoms with Crippen LogP contribution in [0.15, 0.2) is 42.5 Å². The van der Waals surface area contributed by atoms with Crippen LogP contribution in [0.3, 0.4) is 0 Å². The molecule has 2 aromatic rings. The van der Waals surface area contributed by atoms with Gasteiger partial charge in [-0.15, -0.1) is 0 Å². The standard InChI is InChI=1S/C23H24Cl2N2O4/c1-3-31-23(29)18-14-17(27-8-10-30-11-9-27)5-7-21(18)26-22(28)12-15(2)16-4-6-19(24)20(25)13-16/h4-7,12-14H,3,8-11H2,1-2H3,(H,26,28). The summed E-state index contributed by atoms with van der Waals surface area (Å²) in [6, 6.07) is 10.5. The smallest absolute Gasteiger partial charge is 0.340 e. The lowest BCUT2D eigenvalue weighted by Gasteiger charge is -2.29. The van der Waals surface area contributed by atoms with Gasteiger partial charge in [0.05, 0.1) is 41.1 Å². The molecule has 6 nitrogen and oxygen atoms in total. The molecular weight excluding hydrogens is 439 g/mol. The van der Waals surface area contributed by atoms with E-state index in [2.05, 4.69) is 10.2 Å². The van der Waals surface area contributed by atoms with Crippen LogP contribution in [0.1, 0.15) is 29.8 Å². The molecule has 164 valence electrons. The lowest BCUT2D eigenvalue weighted by molar-refractivity contribution is -0.111. The van der Waals surface area contributed by atoms with Crippen molar-refractivity contribution in [2.24, 2.45) is 0 Å². The molecule has 3 rings (SSSR count). The van der Waals surface area contributed by atoms with E-state index in [1.165, 1.54) is 6.08 Å². The fourth-order valence-corrected chi connectivity index (χ4v) is 3.53. The second kappa shape index (κ2) is 10.7. The van der Waals surface area contributed by atoms with Crippen LogP contribution in [-0.4, -0.2) is 44.8 Å². The average Bonchev–Trinajstić information content (AvgIpc) is 2.76. The molecule has 0 bridgehead atoms. The van der Waals surface area contributed by atoms with Gasteiger partial charge in [0.15, 0.2) is 0 Å². The Hall–Kier alpha value is -2.54. The van der Waals surface area contributed by atoms with Crippen LogP contribution in [0.25, 0.3) is 5.57 Å². The zero-order valence-electron chi connectivity index (χ0n) is 17.4. The molecule has 1 saturated heterocycles. The quantitative estimate of drug-likeness (QED) is 0.480. The predicted octanol–water partition coefficient (Wildman–Crippen LogP) is 5.05. The maximum absolute atomic E-state index is 12.6. The molecule has 0 radical (unpaired) electrons. The highest BCUT2D eigenvalue weighted by Gasteiger charge is 2.18. The highest BCUT2D eigenvalue weighted by Crippen LogP contribution is 2.27. The molecule has 8 heteroatoms. The number of benzene rings is 2. The van der Waals surface area contributed by atoms with Gasteiger partial charge in [0.2, 0.25) is 5.91 Å². The summed E-state index contributed by atoms with van der Waals surface area (Å²) in [6.07, 6.45) is 1.45. The molecule has 1 fully saturated rings. The van der Waals surface area contributed by atoms with Crippen LogP contribution < -0.4 is 10.2 Å². The van der Waals surface area contributed by atoms with Crippen LogP contribution in [0.5, 0.6) is 0 Å². The number of amides is 1. The minimum absolute atomic E-state index is 0.240. The number of carbonyl (C=O) groups excluding carboxylic acids is 2. The van der Waals surface area contributed by atoms with Gasteiger partial charge >= 0.3 is 5.97 Å². The summed E-state index contributed by atoms with van der Waals surface area (Å²) >= 11 is 12.0. The number of ether oxygens (including phenoxy) is 2. The SMILES string of the molecule is CCOC(=O)c1cc(N2CCOCC2)ccc1NC(=O)C=C(C)c1ccc(Cl)c(Cl)c1. The Balaban J connectivity index is 1.83. The Kier molecular flexibility index (Phi) is 7.96. The van der Waals surface area contributed by atoms with Crippen LogP contribution in [0, 0.1) is 0 Å². The molecule has 1 amide bonds. The number of esters is 1. The zero-order valence-corrected chi connectivity index (χ0v) is 18.9. The number of morpholine rings is 1. The molecule has 0 spiro atoms. The van der Waals surface area contributed by atoms with Crippen LogP contribution in [0.2, 0.25) is 10.0 Å². The minimum atomic E-state index is -0.488. The van der Waals surface area contributed by atoms with Gasteiger partial charge < -0.3 is 19.7 Å². The van der Waals surface area contributed by atoms with Crippen molar-refractivity contribution in [3.8, 4) is 0 Å². The molecule has 0 aliphatic carbocycles. The summed E-state index contributed by atoms with van der Waals surface area (Å²) in [7, 11) is 0. The van der Waals surface area contributed by atoms with Crippen LogP contribution >= 0.6 is 23.2 Å². The van der Waals surface area contributed by atoms with Crippen molar-refractivity contribution in [1.29, 1.82) is 0 Å². The number of hydrogen-bond acceptors (Lipinski definition) is 5. The zero-order chi connectivity index (χ0) is 22.4. The van der Waals surface area contributed by atoms with Crippen molar-refractivity contribution in [1.82, 2.24) is 0 Å². The molecule has 1 N–H and O–H groups in total. The molecule has 31 heavy (non-hydrogen) atoms. The van der Waals surface area contributed by atoms with Gasteiger partial charge in [0.1, 0.15) is 0 Å². The average molecular weight is 463 g/mol. The Bertz CT molecular complexity index is 1000. The number of rotatable bonds is 6. The van der Waals surface area contributed by atoms with E-state index in [1.54, 1.807) is 44.2 Å². The number of nitrogens with zero attached hydrogens (tertiary/aromatic N) is 1. The van der Waals surface area contributed by atoms with Crippen molar-refractivity contribution in [2.45, 2.75) is 13.8 Å². The predicted molar refractivity (Wildman–Crippen MR) is 124 cm³/mol. The van der Waals surface area contributed by atoms with Gasteiger partial charge in [0.25, 0.3) is 0 Å². The molecule has 1 heterocycles. The topological polar surface area (TPSA) is 67.9 Å². The fraction of sp³-hybridized carbons (Fsp3) is 0.304. The number of carbonyl (C=O) groups is 2. The monoisotopic (exact) mass is 462 g/mol. The molecule has 0 unspecified atom stereocenters. The second-order valence-corrected chi connectivity index (χ2v) is 7.81. The van der Waals surface area contributed by atoms with Crippen LogP contribution in [-0.2, 0) is 14.3 Å². The molecule has 0 aromatic heterocycles. The van der Waals surface area contributed by atoms with Gasteiger partial charge in [-0.05, 0) is 55.3 Å². The first-order valence-electron chi connectivity index (χ1n) is 9.97. The third-order valence-electron chi connectivity index (χ3n) is 4.86. The van der Waals surface area contributed by atoms with E-state index >= 15 is 0 Å². The van der Waals surface area contributed by atoms with E-state index in [0.29, 0.717) is 40.1 Å². The molecule has 1 aliphatic heterocycles. The van der Waals surface area contributed by atoms with E-state index in [4.69, 9.17) is 32.7 Å². The maximum atomic E-state index is 12.6. The van der Waals surface area contributed by atoms with Crippen molar-refractivity contribution in [2.75, 3.05) is 43.1 Å². The molecule has 2 aromatic carbocycles. The lowest BCUT2D eigenvalue weighted by Crippen LogP contribution is -2.36. The largest absolute Gasteiger partial charge is 0.462 e. The summed E-state index contributed by atoms with van der Waals surface area (Å²) in [4.78, 5) is 27.3. The first-order valence-corrected chi connectivity index (χ1v) is 10.7. The first-order chi connectivity index (χ1) is 14.9. The molecule has 0 atom stereocenters. The Morgan fingerprint density at radius 1 is 1.13 bits per heavy atom. The minimum Gasteiger partial charge on any atom is -0.462 e. The lowest BCUT2D eigenvalue weighted by atomic mass is 10.1. The van der Waals surface area contributed by atoms with Gasteiger partial charge in [0, 0.05) is 24.9 Å². The third kappa shape index (κ3) is 6.00. The summed E-state index contributed by atoms with van der Waals surface area (Å²) in [6.45, 7) is 6.51. The normalized spacial score (nSPS) is 14.3. The van der Waals surface area contributed by atoms with Gasteiger partial charge in [-0.1, -0.05) is 29.3 Å². The number of halogens is 2. The summed E-state index contributed by atoms with van der Waals surface area (Å²) < 4.78 is 10.6. The van der Waals surface area contributed by atoms with Gasteiger partial charge in [-0.25, -0.2) is 4.79 Å². The molecule has 1 aliphatic rings. The highest BCUT2D eigenvalue weighted by atomic mass is 35.5. The highest BCUT2D eigenvalue weighted by molar-refractivity contribution is 6.42. The van der Waals surface area contributed by atoms with Crippen molar-refractivity contribution >= 4 is 52.0 Å². The van der Waals surface area contributed by atoms with Crippen molar-refractivity contribution < 1.29 is 19.1 Å². The number of anilines is 2. The molecule has 0 saturated carbocycles. The number of hydrogen-bond donors (Lipinski definition) is 1. The van der Waals surface area contributed by atoms with Crippen molar-refractivity contribution in [3.63, 3.8) is 0 Å². The fourth-order valence-electron chi connectivity index (χ4n) is 3.23. The number of allylic oxidation sites excluding steroid dienone is 1. The van der Waals surface area contributed by atoms with Crippen LogP contribution in [0.4, 0.5) is 11.4 Å². The van der Waals surface area contributed by atoms with Crippen molar-refractivity contribution in [3.05, 3.63) is 63.6 Å². The summed E-state index contributed by atoms with van der Waals surface area (Å²) in [5, 5.41) is 3.65. The summed E-state index contributed by atoms with van der Waals surface area (Å²) in [5.41, 5.74) is 3.06. The van der Waals surface area contributed by atoms with Gasteiger partial charge in [-0.2, -0.15) is 0 Å².